The standard InChI is InChI=1S/C42H56N2O/c1-24-11-14-36-40(35-20-27(19-33(24)35)25-7-3-2-4-8-25)42(36,39(43)23-45)29-12-13-31-28(18-29)21-37-34(31)22-30-17-26-15-16-41(30,37)44-38-10-6-5-9-32(26)38/h5-6,9-10,12-13,23,25-31,33-37,39-40,44H,1-4,7-8,11,14-22,43H2/t26-,27-,28+,29+,30+,31+,33+,34+,35+,36+,37+,39-,40-,41+,42+/m0/s1. The summed E-state index contributed by atoms with van der Waals surface area (Å²) in [5.41, 5.74) is 11.9. The van der Waals surface area contributed by atoms with Crippen molar-refractivity contribution in [2.45, 2.75) is 114 Å². The molecular formula is C42H56N2O. The molecule has 0 amide bonds. The zero-order valence-electron chi connectivity index (χ0n) is 27.4. The molecule has 240 valence electrons. The van der Waals surface area contributed by atoms with E-state index in [1.807, 2.05) is 0 Å². The van der Waals surface area contributed by atoms with Crippen molar-refractivity contribution in [3.63, 3.8) is 0 Å². The predicted molar refractivity (Wildman–Crippen MR) is 181 cm³/mol. The molecule has 45 heavy (non-hydrogen) atoms. The van der Waals surface area contributed by atoms with Gasteiger partial charge in [-0.05, 0) is 153 Å². The minimum atomic E-state index is -0.321. The fourth-order valence-corrected chi connectivity index (χ4v) is 15.4. The van der Waals surface area contributed by atoms with Crippen molar-refractivity contribution in [1.82, 2.24) is 0 Å². The molecule has 3 nitrogen and oxygen atoms in total. The van der Waals surface area contributed by atoms with E-state index in [0.717, 1.165) is 53.8 Å². The highest BCUT2D eigenvalue weighted by Crippen LogP contribution is 2.77. The predicted octanol–water partition coefficient (Wildman–Crippen LogP) is 8.91. The van der Waals surface area contributed by atoms with E-state index < -0.39 is 0 Å². The summed E-state index contributed by atoms with van der Waals surface area (Å²) in [7, 11) is 0. The molecular weight excluding hydrogens is 548 g/mol. The van der Waals surface area contributed by atoms with Gasteiger partial charge >= 0.3 is 0 Å². The zero-order chi connectivity index (χ0) is 30.1. The van der Waals surface area contributed by atoms with Gasteiger partial charge in [0, 0.05) is 16.6 Å². The monoisotopic (exact) mass is 604 g/mol. The normalized spacial score (nSPS) is 51.4. The first-order valence-electron chi connectivity index (χ1n) is 19.5. The Bertz CT molecular complexity index is 1410. The summed E-state index contributed by atoms with van der Waals surface area (Å²) in [6.45, 7) is 4.70. The van der Waals surface area contributed by atoms with Gasteiger partial charge in [0.1, 0.15) is 6.29 Å². The Morgan fingerprint density at radius 2 is 1.73 bits per heavy atom. The summed E-state index contributed by atoms with van der Waals surface area (Å²) in [6, 6.07) is 8.95. The molecule has 7 fully saturated rings. The van der Waals surface area contributed by atoms with E-state index in [-0.39, 0.29) is 11.5 Å². The van der Waals surface area contributed by atoms with Gasteiger partial charge in [-0.3, -0.25) is 0 Å². The lowest BCUT2D eigenvalue weighted by atomic mass is 9.65. The van der Waals surface area contributed by atoms with E-state index in [1.165, 1.54) is 102 Å². The molecule has 2 aliphatic heterocycles. The maximum absolute atomic E-state index is 12.7. The van der Waals surface area contributed by atoms with Crippen LogP contribution in [0, 0.1) is 76.4 Å². The van der Waals surface area contributed by atoms with Crippen LogP contribution in [0.5, 0.6) is 0 Å². The van der Waals surface area contributed by atoms with Crippen LogP contribution in [-0.2, 0) is 4.79 Å². The van der Waals surface area contributed by atoms with Crippen molar-refractivity contribution in [2.24, 2.45) is 82.2 Å². The van der Waals surface area contributed by atoms with E-state index >= 15 is 0 Å². The average molecular weight is 605 g/mol. The summed E-state index contributed by atoms with van der Waals surface area (Å²) in [5.74, 6) is 9.56. The van der Waals surface area contributed by atoms with Crippen molar-refractivity contribution in [2.75, 3.05) is 5.32 Å². The van der Waals surface area contributed by atoms with Crippen LogP contribution in [-0.4, -0.2) is 17.9 Å². The Kier molecular flexibility index (Phi) is 6.30. The van der Waals surface area contributed by atoms with Gasteiger partial charge in [-0.2, -0.15) is 0 Å². The summed E-state index contributed by atoms with van der Waals surface area (Å²) < 4.78 is 0. The second-order valence-corrected chi connectivity index (χ2v) is 18.1. The summed E-state index contributed by atoms with van der Waals surface area (Å²) in [6.07, 6.45) is 27.0. The highest BCUT2D eigenvalue weighted by molar-refractivity contribution is 5.62. The van der Waals surface area contributed by atoms with Gasteiger partial charge in [-0.25, -0.2) is 0 Å². The van der Waals surface area contributed by atoms with Gasteiger partial charge in [0.15, 0.2) is 0 Å². The third kappa shape index (κ3) is 3.77. The van der Waals surface area contributed by atoms with Gasteiger partial charge in [-0.15, -0.1) is 0 Å². The molecule has 1 aromatic carbocycles. The van der Waals surface area contributed by atoms with Crippen molar-refractivity contribution >= 4 is 12.0 Å². The van der Waals surface area contributed by atoms with Crippen LogP contribution in [0.2, 0.25) is 0 Å². The Labute approximate surface area is 271 Å². The number of fused-ring (bicyclic) bond motifs is 7. The number of nitrogens with one attached hydrogen (secondary N) is 1. The van der Waals surface area contributed by atoms with E-state index in [1.54, 1.807) is 11.1 Å². The smallest absolute Gasteiger partial charge is 0.137 e. The van der Waals surface area contributed by atoms with Crippen molar-refractivity contribution in [1.29, 1.82) is 0 Å². The van der Waals surface area contributed by atoms with Crippen molar-refractivity contribution < 1.29 is 4.79 Å². The second kappa shape index (κ2) is 10.1. The second-order valence-electron chi connectivity index (χ2n) is 18.1. The van der Waals surface area contributed by atoms with Crippen LogP contribution in [0.4, 0.5) is 5.69 Å². The van der Waals surface area contributed by atoms with Gasteiger partial charge < -0.3 is 15.8 Å². The van der Waals surface area contributed by atoms with Crippen LogP contribution in [0.25, 0.3) is 0 Å². The molecule has 15 atom stereocenters. The molecule has 7 saturated carbocycles. The first-order valence-corrected chi connectivity index (χ1v) is 19.5. The first kappa shape index (κ1) is 28.2. The third-order valence-corrected chi connectivity index (χ3v) is 17.1. The minimum absolute atomic E-state index is 0.00954. The van der Waals surface area contributed by atoms with Crippen LogP contribution in [0.1, 0.15) is 108 Å². The minimum Gasteiger partial charge on any atom is -0.379 e. The number of hydrogen-bond donors (Lipinski definition) is 2. The number of nitrogens with two attached hydrogens (primary N) is 1. The molecule has 11 rings (SSSR count). The lowest BCUT2D eigenvalue weighted by Gasteiger charge is -2.44. The van der Waals surface area contributed by atoms with Gasteiger partial charge in [0.05, 0.1) is 6.04 Å². The summed E-state index contributed by atoms with van der Waals surface area (Å²) in [4.78, 5) is 12.7. The molecule has 0 saturated heterocycles. The summed E-state index contributed by atoms with van der Waals surface area (Å²) in [5, 5.41) is 4.30. The van der Waals surface area contributed by atoms with Crippen LogP contribution in [0.3, 0.4) is 0 Å². The topological polar surface area (TPSA) is 55.1 Å². The molecule has 3 heteroatoms. The van der Waals surface area contributed by atoms with E-state index in [9.17, 15) is 4.79 Å². The molecule has 0 unspecified atom stereocenters. The maximum Gasteiger partial charge on any atom is 0.137 e. The Morgan fingerprint density at radius 3 is 2.60 bits per heavy atom. The molecule has 8 aliphatic carbocycles. The van der Waals surface area contributed by atoms with E-state index in [4.69, 9.17) is 12.3 Å². The number of aldehydes is 1. The summed E-state index contributed by atoms with van der Waals surface area (Å²) >= 11 is 0. The molecule has 10 aliphatic rings. The van der Waals surface area contributed by atoms with Gasteiger partial charge in [0.25, 0.3) is 0 Å². The number of rotatable bonds is 4. The molecule has 0 radical (unpaired) electrons. The van der Waals surface area contributed by atoms with Crippen LogP contribution >= 0.6 is 0 Å². The van der Waals surface area contributed by atoms with Gasteiger partial charge in [-0.1, -0.05) is 74.6 Å². The number of allylic oxidation sites excluding steroid dienone is 3. The highest BCUT2D eigenvalue weighted by Gasteiger charge is 2.74. The SMILES string of the molecule is C=C1CC[C@@H]2[C@H]([C@@H]3C[C@@H](C4CCCCC4)C[C@H]13)[C@@]2([C@@H]1C=C[C@@H]2[C@@H](C[C@@H]3[C@@H]2C[C@H]2C[C@@H]4CC[C@@]23Nc2ccccc24)C1)[C@@H](N)C=O. The quantitative estimate of drug-likeness (QED) is 0.267. The Balaban J connectivity index is 0.938. The van der Waals surface area contributed by atoms with Crippen LogP contribution in [0.15, 0.2) is 48.6 Å². The lowest BCUT2D eigenvalue weighted by Crippen LogP contribution is -2.49. The maximum atomic E-state index is 12.7. The fraction of sp³-hybridized carbons (Fsp3) is 0.738. The zero-order valence-corrected chi connectivity index (χ0v) is 27.4. The first-order chi connectivity index (χ1) is 22.0. The number of anilines is 1. The molecule has 1 spiro atoms. The number of benzene rings is 1. The highest BCUT2D eigenvalue weighted by atomic mass is 16.1. The average Bonchev–Trinajstić information content (AvgIpc) is 3.30. The molecule has 2 heterocycles. The fourth-order valence-electron chi connectivity index (χ4n) is 15.4. The number of carbonyl (C=O) groups is 1. The molecule has 0 aromatic heterocycles. The number of hydrogen-bond acceptors (Lipinski definition) is 3. The Morgan fingerprint density at radius 1 is 0.867 bits per heavy atom. The lowest BCUT2D eigenvalue weighted by molar-refractivity contribution is -0.111. The number of para-hydroxylation sites is 1. The molecule has 1 aromatic rings. The van der Waals surface area contributed by atoms with Gasteiger partial charge in [0.2, 0.25) is 0 Å². The van der Waals surface area contributed by atoms with Crippen LogP contribution < -0.4 is 11.1 Å². The third-order valence-electron chi connectivity index (χ3n) is 17.1. The van der Waals surface area contributed by atoms with Crippen molar-refractivity contribution in [3.8, 4) is 0 Å². The Hall–Kier alpha value is -1.87. The molecule has 2 bridgehead atoms. The number of carbonyl (C=O) groups excluding carboxylic acids is 1. The van der Waals surface area contributed by atoms with E-state index in [0.29, 0.717) is 35.1 Å². The largest absolute Gasteiger partial charge is 0.379 e. The molecule has 3 N–H and O–H groups in total. The van der Waals surface area contributed by atoms with Crippen molar-refractivity contribution in [3.05, 3.63) is 54.1 Å². The van der Waals surface area contributed by atoms with E-state index in [2.05, 4.69) is 41.7 Å².